The van der Waals surface area contributed by atoms with Gasteiger partial charge in [0.05, 0.1) is 10.7 Å². The molecule has 0 unspecified atom stereocenters. The number of thiocarbonyl (C=S) groups is 1. The third-order valence-electron chi connectivity index (χ3n) is 4.45. The molecule has 7 heteroatoms. The third-order valence-corrected chi connectivity index (χ3v) is 5.24. The van der Waals surface area contributed by atoms with E-state index in [0.29, 0.717) is 27.4 Å². The minimum Gasteiger partial charge on any atom is -0.358 e. The molecule has 2 N–H and O–H groups in total. The van der Waals surface area contributed by atoms with Gasteiger partial charge in [0.2, 0.25) is 0 Å². The largest absolute Gasteiger partial charge is 0.358 e. The van der Waals surface area contributed by atoms with Gasteiger partial charge in [-0.15, -0.1) is 0 Å². The minimum atomic E-state index is 0.102. The predicted octanol–water partition coefficient (Wildman–Crippen LogP) is 5.11. The first-order valence-corrected chi connectivity index (χ1v) is 10.1. The summed E-state index contributed by atoms with van der Waals surface area (Å²) in [6.07, 6.45) is 3.37. The second kappa shape index (κ2) is 9.40. The molecule has 4 nitrogen and oxygen atoms in total. The molecule has 2 aromatic rings. The molecule has 1 heterocycles. The summed E-state index contributed by atoms with van der Waals surface area (Å²) in [5, 5.41) is 7.71. The van der Waals surface area contributed by atoms with E-state index in [1.165, 1.54) is 6.42 Å². The first kappa shape index (κ1) is 19.9. The monoisotopic (exact) mass is 421 g/mol. The van der Waals surface area contributed by atoms with Crippen molar-refractivity contribution in [1.82, 2.24) is 10.2 Å². The van der Waals surface area contributed by atoms with Gasteiger partial charge in [-0.1, -0.05) is 35.3 Å². The number of nitrogens with one attached hydrogen (secondary N) is 2. The maximum atomic E-state index is 12.6. The lowest BCUT2D eigenvalue weighted by Gasteiger charge is -2.26. The number of halogens is 2. The van der Waals surface area contributed by atoms with Crippen molar-refractivity contribution in [3.8, 4) is 0 Å². The van der Waals surface area contributed by atoms with Crippen LogP contribution in [-0.4, -0.2) is 29.0 Å². The third kappa shape index (κ3) is 5.58. The van der Waals surface area contributed by atoms with Crippen molar-refractivity contribution in [1.29, 1.82) is 0 Å². The minimum absolute atomic E-state index is 0.102. The molecule has 0 bridgehead atoms. The summed E-state index contributed by atoms with van der Waals surface area (Å²) in [7, 11) is 0. The van der Waals surface area contributed by atoms with E-state index in [-0.39, 0.29) is 5.91 Å². The van der Waals surface area contributed by atoms with Crippen LogP contribution in [0.5, 0.6) is 0 Å². The average Bonchev–Trinajstić information content (AvgIpc) is 2.69. The van der Waals surface area contributed by atoms with Gasteiger partial charge in [0, 0.05) is 30.2 Å². The van der Waals surface area contributed by atoms with Crippen molar-refractivity contribution in [3.05, 3.63) is 63.6 Å². The molecule has 2 aromatic carbocycles. The molecule has 0 atom stereocenters. The van der Waals surface area contributed by atoms with Gasteiger partial charge in [0.1, 0.15) is 0 Å². The molecule has 1 aliphatic heterocycles. The van der Waals surface area contributed by atoms with Gasteiger partial charge >= 0.3 is 0 Å². The number of likely N-dealkylation sites (tertiary alicyclic amines) is 1. The van der Waals surface area contributed by atoms with Crippen LogP contribution in [0.1, 0.15) is 35.2 Å². The van der Waals surface area contributed by atoms with Gasteiger partial charge < -0.3 is 15.5 Å². The van der Waals surface area contributed by atoms with Crippen LogP contribution in [0.4, 0.5) is 5.69 Å². The van der Waals surface area contributed by atoms with E-state index in [1.807, 2.05) is 29.2 Å². The maximum absolute atomic E-state index is 12.6. The molecule has 1 fully saturated rings. The predicted molar refractivity (Wildman–Crippen MR) is 116 cm³/mol. The summed E-state index contributed by atoms with van der Waals surface area (Å²) >= 11 is 17.4. The summed E-state index contributed by atoms with van der Waals surface area (Å²) in [4.78, 5) is 14.6. The van der Waals surface area contributed by atoms with Gasteiger partial charge in [0.15, 0.2) is 5.11 Å². The molecule has 0 aliphatic carbocycles. The van der Waals surface area contributed by atoms with Gasteiger partial charge in [-0.05, 0) is 67.4 Å². The second-order valence-corrected chi connectivity index (χ2v) is 7.74. The highest BCUT2D eigenvalue weighted by atomic mass is 35.5. The topological polar surface area (TPSA) is 44.4 Å². The maximum Gasteiger partial charge on any atom is 0.253 e. The first-order chi connectivity index (χ1) is 13.0. The normalized spacial score (nSPS) is 13.9. The quantitative estimate of drug-likeness (QED) is 0.673. The van der Waals surface area contributed by atoms with Crippen molar-refractivity contribution >= 4 is 52.1 Å². The summed E-state index contributed by atoms with van der Waals surface area (Å²) in [5.74, 6) is 0.102. The number of carbonyl (C=O) groups excluding carboxylic acids is 1. The van der Waals surface area contributed by atoms with Crippen LogP contribution >= 0.6 is 35.4 Å². The number of nitrogens with zero attached hydrogens (tertiary/aromatic N) is 1. The smallest absolute Gasteiger partial charge is 0.253 e. The molecule has 1 aliphatic rings. The van der Waals surface area contributed by atoms with Crippen LogP contribution in [0.3, 0.4) is 0 Å². The van der Waals surface area contributed by atoms with Crippen LogP contribution in [0.15, 0.2) is 42.5 Å². The van der Waals surface area contributed by atoms with Gasteiger partial charge in [-0.2, -0.15) is 0 Å². The van der Waals surface area contributed by atoms with E-state index in [0.717, 1.165) is 37.1 Å². The van der Waals surface area contributed by atoms with Crippen LogP contribution in [0.25, 0.3) is 0 Å². The number of hydrogen-bond acceptors (Lipinski definition) is 2. The number of rotatable bonds is 4. The van der Waals surface area contributed by atoms with E-state index < -0.39 is 0 Å². The summed E-state index contributed by atoms with van der Waals surface area (Å²) < 4.78 is 0. The molecule has 0 saturated carbocycles. The fraction of sp³-hybridized carbons (Fsp3) is 0.300. The lowest BCUT2D eigenvalue weighted by molar-refractivity contribution is 0.0724. The standard InChI is InChI=1S/C20H21Cl2N3OS/c21-16-7-8-18(17(22)12-16)24-20(27)23-13-14-5-4-6-15(11-14)19(26)25-9-2-1-3-10-25/h4-8,11-12H,1-3,9-10,13H2,(H2,23,24,27). The Morgan fingerprint density at radius 2 is 1.85 bits per heavy atom. The fourth-order valence-electron chi connectivity index (χ4n) is 3.03. The highest BCUT2D eigenvalue weighted by Gasteiger charge is 2.18. The Morgan fingerprint density at radius 3 is 2.59 bits per heavy atom. The van der Waals surface area contributed by atoms with Crippen LogP contribution < -0.4 is 10.6 Å². The Bertz CT molecular complexity index is 838. The van der Waals surface area contributed by atoms with E-state index in [4.69, 9.17) is 35.4 Å². The summed E-state index contributed by atoms with van der Waals surface area (Å²) in [6, 6.07) is 12.8. The molecule has 1 amide bonds. The first-order valence-electron chi connectivity index (χ1n) is 8.91. The van der Waals surface area contributed by atoms with Gasteiger partial charge in [-0.25, -0.2) is 0 Å². The Kier molecular flexibility index (Phi) is 6.94. The SMILES string of the molecule is O=C(c1cccc(CNC(=S)Nc2ccc(Cl)cc2Cl)c1)N1CCCCC1. The number of carbonyl (C=O) groups is 1. The van der Waals surface area contributed by atoms with Crippen molar-refractivity contribution < 1.29 is 4.79 Å². The van der Waals surface area contributed by atoms with E-state index >= 15 is 0 Å². The Morgan fingerprint density at radius 1 is 1.07 bits per heavy atom. The summed E-state index contributed by atoms with van der Waals surface area (Å²) in [6.45, 7) is 2.20. The zero-order chi connectivity index (χ0) is 19.2. The van der Waals surface area contributed by atoms with E-state index in [2.05, 4.69) is 10.6 Å². The van der Waals surface area contributed by atoms with Crippen molar-refractivity contribution in [2.45, 2.75) is 25.8 Å². The number of hydrogen-bond donors (Lipinski definition) is 2. The number of anilines is 1. The van der Waals surface area contributed by atoms with Crippen molar-refractivity contribution in [2.24, 2.45) is 0 Å². The highest BCUT2D eigenvalue weighted by molar-refractivity contribution is 7.80. The summed E-state index contributed by atoms with van der Waals surface area (Å²) in [5.41, 5.74) is 2.40. The lowest BCUT2D eigenvalue weighted by atomic mass is 10.1. The van der Waals surface area contributed by atoms with Crippen LogP contribution in [0.2, 0.25) is 10.0 Å². The van der Waals surface area contributed by atoms with Gasteiger partial charge in [0.25, 0.3) is 5.91 Å². The highest BCUT2D eigenvalue weighted by Crippen LogP contribution is 2.25. The number of benzene rings is 2. The molecule has 1 saturated heterocycles. The lowest BCUT2D eigenvalue weighted by Crippen LogP contribution is -2.35. The molecule has 0 aromatic heterocycles. The van der Waals surface area contributed by atoms with Crippen molar-refractivity contribution in [2.75, 3.05) is 18.4 Å². The zero-order valence-electron chi connectivity index (χ0n) is 14.8. The Balaban J connectivity index is 1.57. The average molecular weight is 422 g/mol. The van der Waals surface area contributed by atoms with Crippen LogP contribution in [0, 0.1) is 0 Å². The number of piperidine rings is 1. The molecular formula is C20H21Cl2N3OS. The Hall–Kier alpha value is -1.82. The Labute approximate surface area is 174 Å². The van der Waals surface area contributed by atoms with Crippen LogP contribution in [-0.2, 0) is 6.54 Å². The molecule has 0 spiro atoms. The van der Waals surface area contributed by atoms with Gasteiger partial charge in [-0.3, -0.25) is 4.79 Å². The fourth-order valence-corrected chi connectivity index (χ4v) is 3.67. The van der Waals surface area contributed by atoms with E-state index in [9.17, 15) is 4.79 Å². The van der Waals surface area contributed by atoms with E-state index in [1.54, 1.807) is 18.2 Å². The number of amides is 1. The molecule has 3 rings (SSSR count). The zero-order valence-corrected chi connectivity index (χ0v) is 17.1. The van der Waals surface area contributed by atoms with Crippen molar-refractivity contribution in [3.63, 3.8) is 0 Å². The molecule has 142 valence electrons. The second-order valence-electron chi connectivity index (χ2n) is 6.49. The molecule has 0 radical (unpaired) electrons. The molecular weight excluding hydrogens is 401 g/mol. The molecule has 27 heavy (non-hydrogen) atoms.